The van der Waals surface area contributed by atoms with Gasteiger partial charge >= 0.3 is 0 Å². The number of ketones is 1. The lowest BCUT2D eigenvalue weighted by atomic mass is 10.1. The minimum atomic E-state index is -0.0897. The zero-order valence-corrected chi connectivity index (χ0v) is 8.44. The van der Waals surface area contributed by atoms with Crippen molar-refractivity contribution in [2.45, 2.75) is 0 Å². The number of hydrogen-bond acceptors (Lipinski definition) is 2. The molecule has 0 aliphatic carbocycles. The molecule has 1 N–H and O–H groups in total. The van der Waals surface area contributed by atoms with Crippen molar-refractivity contribution < 1.29 is 9.21 Å². The Morgan fingerprint density at radius 3 is 2.94 bits per heavy atom. The quantitative estimate of drug-likeness (QED) is 0.662. The maximum Gasteiger partial charge on any atom is 0.228 e. The van der Waals surface area contributed by atoms with E-state index in [1.54, 1.807) is 18.2 Å². The van der Waals surface area contributed by atoms with Crippen molar-refractivity contribution in [1.82, 2.24) is 4.98 Å². The summed E-state index contributed by atoms with van der Waals surface area (Å²) in [7, 11) is 0. The van der Waals surface area contributed by atoms with E-state index in [-0.39, 0.29) is 5.78 Å². The van der Waals surface area contributed by atoms with Crippen LogP contribution in [0.5, 0.6) is 0 Å². The molecule has 0 atom stereocenters. The zero-order valence-electron chi connectivity index (χ0n) is 8.44. The molecule has 0 radical (unpaired) electrons. The normalized spacial score (nSPS) is 10.8. The number of H-pyrrole nitrogens is 1. The Bertz CT molecular complexity index is 635. The summed E-state index contributed by atoms with van der Waals surface area (Å²) in [6.45, 7) is 0. The largest absolute Gasteiger partial charge is 0.461 e. The molecule has 3 rings (SSSR count). The molecule has 0 amide bonds. The summed E-state index contributed by atoms with van der Waals surface area (Å²) in [6.07, 6.45) is 3.36. The van der Waals surface area contributed by atoms with Crippen molar-refractivity contribution in [3.63, 3.8) is 0 Å². The minimum absolute atomic E-state index is 0.0897. The molecular weight excluding hydrogens is 202 g/mol. The number of carbonyl (C=O) groups excluding carboxylic acids is 1. The van der Waals surface area contributed by atoms with Gasteiger partial charge in [-0.2, -0.15) is 0 Å². The fraction of sp³-hybridized carbons (Fsp3) is 0. The first-order valence-corrected chi connectivity index (χ1v) is 5.00. The van der Waals surface area contributed by atoms with Crippen LogP contribution in [0.15, 0.2) is 53.3 Å². The van der Waals surface area contributed by atoms with Crippen LogP contribution in [0, 0.1) is 0 Å². The van der Waals surface area contributed by atoms with Crippen molar-refractivity contribution in [2.24, 2.45) is 0 Å². The summed E-state index contributed by atoms with van der Waals surface area (Å²) < 4.78 is 5.09. The van der Waals surface area contributed by atoms with Crippen LogP contribution in [0.25, 0.3) is 10.9 Å². The Balaban J connectivity index is 2.09. The third-order valence-electron chi connectivity index (χ3n) is 2.56. The van der Waals surface area contributed by atoms with E-state index in [9.17, 15) is 4.79 Å². The van der Waals surface area contributed by atoms with Crippen molar-refractivity contribution in [2.75, 3.05) is 0 Å². The minimum Gasteiger partial charge on any atom is -0.461 e. The monoisotopic (exact) mass is 211 g/mol. The third kappa shape index (κ3) is 1.34. The first-order valence-electron chi connectivity index (χ1n) is 5.00. The molecule has 0 unspecified atom stereocenters. The van der Waals surface area contributed by atoms with Crippen LogP contribution in [-0.2, 0) is 0 Å². The number of aromatic amines is 1. The fourth-order valence-corrected chi connectivity index (χ4v) is 1.74. The number of hydrogen-bond donors (Lipinski definition) is 1. The van der Waals surface area contributed by atoms with Crippen LogP contribution in [0.3, 0.4) is 0 Å². The second-order valence-electron chi connectivity index (χ2n) is 3.59. The van der Waals surface area contributed by atoms with E-state index in [4.69, 9.17) is 4.42 Å². The van der Waals surface area contributed by atoms with E-state index in [0.29, 0.717) is 11.3 Å². The van der Waals surface area contributed by atoms with Crippen LogP contribution >= 0.6 is 0 Å². The van der Waals surface area contributed by atoms with Gasteiger partial charge in [-0.15, -0.1) is 0 Å². The first kappa shape index (κ1) is 8.97. The van der Waals surface area contributed by atoms with Gasteiger partial charge in [0.15, 0.2) is 5.76 Å². The highest BCUT2D eigenvalue weighted by atomic mass is 16.3. The lowest BCUT2D eigenvalue weighted by molar-refractivity contribution is 0.101. The van der Waals surface area contributed by atoms with Crippen molar-refractivity contribution >= 4 is 16.7 Å². The summed E-state index contributed by atoms with van der Waals surface area (Å²) >= 11 is 0. The molecule has 0 saturated carbocycles. The number of furan rings is 1. The van der Waals surface area contributed by atoms with Crippen molar-refractivity contribution in [3.8, 4) is 0 Å². The van der Waals surface area contributed by atoms with Crippen LogP contribution < -0.4 is 0 Å². The smallest absolute Gasteiger partial charge is 0.228 e. The second kappa shape index (κ2) is 3.38. The molecule has 1 aromatic carbocycles. The summed E-state index contributed by atoms with van der Waals surface area (Å²) in [4.78, 5) is 15.1. The second-order valence-corrected chi connectivity index (χ2v) is 3.59. The summed E-state index contributed by atoms with van der Waals surface area (Å²) in [5.41, 5.74) is 1.66. The molecule has 3 aromatic rings. The first-order chi connectivity index (χ1) is 7.84. The molecule has 0 aliphatic rings. The van der Waals surface area contributed by atoms with Crippen LogP contribution in [0.2, 0.25) is 0 Å². The highest BCUT2D eigenvalue weighted by Crippen LogP contribution is 2.17. The molecule has 0 fully saturated rings. The standard InChI is InChI=1S/C13H9NO2/c15-13(12-2-1-7-16-12)10-3-4-11-9(8-10)5-6-14-11/h1-8,14H. The third-order valence-corrected chi connectivity index (χ3v) is 2.56. The van der Waals surface area contributed by atoms with Gasteiger partial charge in [-0.25, -0.2) is 0 Å². The topological polar surface area (TPSA) is 46.0 Å². The molecule has 3 heteroatoms. The maximum atomic E-state index is 12.0. The highest BCUT2D eigenvalue weighted by Gasteiger charge is 2.11. The number of benzene rings is 1. The number of carbonyl (C=O) groups is 1. The van der Waals surface area contributed by atoms with Gasteiger partial charge in [0, 0.05) is 22.7 Å². The average Bonchev–Trinajstić information content (AvgIpc) is 2.98. The van der Waals surface area contributed by atoms with Crippen molar-refractivity contribution in [3.05, 3.63) is 60.2 Å². The van der Waals surface area contributed by atoms with Gasteiger partial charge in [0.25, 0.3) is 0 Å². The molecule has 0 bridgehead atoms. The zero-order chi connectivity index (χ0) is 11.0. The molecule has 0 saturated heterocycles. The molecule has 3 nitrogen and oxygen atoms in total. The van der Waals surface area contributed by atoms with Crippen LogP contribution in [-0.4, -0.2) is 10.8 Å². The Morgan fingerprint density at radius 2 is 2.12 bits per heavy atom. The maximum absolute atomic E-state index is 12.0. The molecule has 0 aliphatic heterocycles. The fourth-order valence-electron chi connectivity index (χ4n) is 1.74. The number of rotatable bonds is 2. The molecular formula is C13H9NO2. The lowest BCUT2D eigenvalue weighted by Gasteiger charge is -1.97. The van der Waals surface area contributed by atoms with Crippen LogP contribution in [0.4, 0.5) is 0 Å². The summed E-state index contributed by atoms with van der Waals surface area (Å²) in [5.74, 6) is 0.281. The van der Waals surface area contributed by atoms with E-state index in [1.807, 2.05) is 24.4 Å². The van der Waals surface area contributed by atoms with Gasteiger partial charge in [0.1, 0.15) is 0 Å². The van der Waals surface area contributed by atoms with Crippen LogP contribution in [0.1, 0.15) is 16.1 Å². The van der Waals surface area contributed by atoms with Gasteiger partial charge < -0.3 is 9.40 Å². The Kier molecular flexibility index (Phi) is 1.90. The predicted molar refractivity (Wildman–Crippen MR) is 60.4 cm³/mol. The SMILES string of the molecule is O=C(c1ccc2[nH]ccc2c1)c1ccco1. The molecule has 16 heavy (non-hydrogen) atoms. The van der Waals surface area contributed by atoms with E-state index >= 15 is 0 Å². The van der Waals surface area contributed by atoms with E-state index in [0.717, 1.165) is 10.9 Å². The van der Waals surface area contributed by atoms with Gasteiger partial charge in [0.05, 0.1) is 6.26 Å². The summed E-state index contributed by atoms with van der Waals surface area (Å²) in [5, 5.41) is 1.03. The van der Waals surface area contributed by atoms with E-state index < -0.39 is 0 Å². The van der Waals surface area contributed by atoms with Gasteiger partial charge in [-0.05, 0) is 36.4 Å². The van der Waals surface area contributed by atoms with E-state index in [1.165, 1.54) is 6.26 Å². The number of aromatic nitrogens is 1. The summed E-state index contributed by atoms with van der Waals surface area (Å²) in [6, 6.07) is 10.9. The number of nitrogens with one attached hydrogen (secondary N) is 1. The Morgan fingerprint density at radius 1 is 1.19 bits per heavy atom. The molecule has 2 heterocycles. The predicted octanol–water partition coefficient (Wildman–Crippen LogP) is 2.99. The van der Waals surface area contributed by atoms with E-state index in [2.05, 4.69) is 4.98 Å². The molecule has 78 valence electrons. The van der Waals surface area contributed by atoms with Crippen molar-refractivity contribution in [1.29, 1.82) is 0 Å². The molecule has 0 spiro atoms. The Hall–Kier alpha value is -2.29. The molecule has 2 aromatic heterocycles. The average molecular weight is 211 g/mol. The van der Waals surface area contributed by atoms with Gasteiger partial charge in [-0.1, -0.05) is 0 Å². The van der Waals surface area contributed by atoms with Gasteiger partial charge in [0.2, 0.25) is 5.78 Å². The van der Waals surface area contributed by atoms with Gasteiger partial charge in [-0.3, -0.25) is 4.79 Å². The Labute approximate surface area is 91.7 Å². The number of fused-ring (bicyclic) bond motifs is 1. The lowest BCUT2D eigenvalue weighted by Crippen LogP contribution is -1.98. The highest BCUT2D eigenvalue weighted by molar-refractivity contribution is 6.08.